The second-order valence-corrected chi connectivity index (χ2v) is 5.91. The van der Waals surface area contributed by atoms with Gasteiger partial charge in [0.1, 0.15) is 5.75 Å². The van der Waals surface area contributed by atoms with Gasteiger partial charge in [0.05, 0.1) is 13.0 Å². The number of carbonyl (C=O) groups is 1. The van der Waals surface area contributed by atoms with E-state index in [1.807, 2.05) is 58.6 Å². The standard InChI is InChI=1S/C17H27NO2/c1-12(2)18(13(3)4)17(19)7-8-20-16-10-14(5)9-15(6)11-16/h9-13H,7-8H2,1-6H3. The van der Waals surface area contributed by atoms with Crippen LogP contribution in [0.15, 0.2) is 18.2 Å². The van der Waals surface area contributed by atoms with Gasteiger partial charge in [-0.1, -0.05) is 6.07 Å². The maximum Gasteiger partial charge on any atom is 0.226 e. The fourth-order valence-electron chi connectivity index (χ4n) is 2.57. The Labute approximate surface area is 122 Å². The van der Waals surface area contributed by atoms with Crippen molar-refractivity contribution in [3.05, 3.63) is 29.3 Å². The van der Waals surface area contributed by atoms with Crippen molar-refractivity contribution in [2.45, 2.75) is 60.0 Å². The molecule has 0 aromatic heterocycles. The number of hydrogen-bond acceptors (Lipinski definition) is 2. The normalized spacial score (nSPS) is 11.0. The number of ether oxygens (including phenoxy) is 1. The molecule has 3 nitrogen and oxygen atoms in total. The largest absolute Gasteiger partial charge is 0.493 e. The zero-order valence-corrected chi connectivity index (χ0v) is 13.6. The van der Waals surface area contributed by atoms with Crippen LogP contribution in [0.1, 0.15) is 45.2 Å². The molecule has 0 aliphatic rings. The molecule has 3 heteroatoms. The molecular formula is C17H27NO2. The third kappa shape index (κ3) is 4.87. The van der Waals surface area contributed by atoms with Crippen molar-refractivity contribution in [2.24, 2.45) is 0 Å². The lowest BCUT2D eigenvalue weighted by Crippen LogP contribution is -2.42. The molecule has 112 valence electrons. The molecule has 0 spiro atoms. The van der Waals surface area contributed by atoms with E-state index in [9.17, 15) is 4.79 Å². The highest BCUT2D eigenvalue weighted by molar-refractivity contribution is 5.76. The first kappa shape index (κ1) is 16.5. The van der Waals surface area contributed by atoms with E-state index in [0.717, 1.165) is 5.75 Å². The molecule has 0 heterocycles. The number of amides is 1. The Kier molecular flexibility index (Phi) is 6.05. The van der Waals surface area contributed by atoms with Crippen LogP contribution in [0.3, 0.4) is 0 Å². The molecular weight excluding hydrogens is 250 g/mol. The lowest BCUT2D eigenvalue weighted by Gasteiger charge is -2.30. The van der Waals surface area contributed by atoms with Gasteiger partial charge in [-0.25, -0.2) is 0 Å². The molecule has 0 N–H and O–H groups in total. The van der Waals surface area contributed by atoms with Gasteiger partial charge in [0.25, 0.3) is 0 Å². The van der Waals surface area contributed by atoms with Crippen molar-refractivity contribution in [1.29, 1.82) is 0 Å². The van der Waals surface area contributed by atoms with Crippen molar-refractivity contribution in [1.82, 2.24) is 4.90 Å². The van der Waals surface area contributed by atoms with E-state index in [1.165, 1.54) is 11.1 Å². The van der Waals surface area contributed by atoms with Crippen molar-refractivity contribution in [3.63, 3.8) is 0 Å². The Morgan fingerprint density at radius 3 is 2.00 bits per heavy atom. The molecule has 0 aliphatic heterocycles. The minimum atomic E-state index is 0.152. The van der Waals surface area contributed by atoms with E-state index in [2.05, 4.69) is 6.07 Å². The summed E-state index contributed by atoms with van der Waals surface area (Å²) in [5, 5.41) is 0. The lowest BCUT2D eigenvalue weighted by atomic mass is 10.1. The first-order valence-corrected chi connectivity index (χ1v) is 7.33. The Hall–Kier alpha value is -1.51. The van der Waals surface area contributed by atoms with E-state index >= 15 is 0 Å². The summed E-state index contributed by atoms with van der Waals surface area (Å²) in [5.41, 5.74) is 2.36. The van der Waals surface area contributed by atoms with Crippen molar-refractivity contribution >= 4 is 5.91 Å². The van der Waals surface area contributed by atoms with Crippen LogP contribution in [-0.4, -0.2) is 29.5 Å². The molecule has 0 bridgehead atoms. The Balaban J connectivity index is 2.53. The number of carbonyl (C=O) groups excluding carboxylic acids is 1. The maximum absolute atomic E-state index is 12.2. The minimum Gasteiger partial charge on any atom is -0.493 e. The minimum absolute atomic E-state index is 0.152. The predicted octanol–water partition coefficient (Wildman–Crippen LogP) is 3.72. The molecule has 1 amide bonds. The van der Waals surface area contributed by atoms with E-state index in [1.54, 1.807) is 0 Å². The third-order valence-electron chi connectivity index (χ3n) is 3.18. The summed E-state index contributed by atoms with van der Waals surface area (Å²) in [4.78, 5) is 14.1. The molecule has 0 saturated heterocycles. The molecule has 0 fully saturated rings. The predicted molar refractivity (Wildman–Crippen MR) is 83.1 cm³/mol. The summed E-state index contributed by atoms with van der Waals surface area (Å²) in [6.45, 7) is 12.7. The van der Waals surface area contributed by atoms with Crippen LogP contribution in [0.4, 0.5) is 0 Å². The average Bonchev–Trinajstić information content (AvgIpc) is 2.26. The maximum atomic E-state index is 12.2. The number of nitrogens with zero attached hydrogens (tertiary/aromatic N) is 1. The Morgan fingerprint density at radius 1 is 1.05 bits per heavy atom. The number of hydrogen-bond donors (Lipinski definition) is 0. The van der Waals surface area contributed by atoms with Gasteiger partial charge in [-0.2, -0.15) is 0 Å². The van der Waals surface area contributed by atoms with Gasteiger partial charge in [-0.15, -0.1) is 0 Å². The van der Waals surface area contributed by atoms with Gasteiger partial charge in [0.15, 0.2) is 0 Å². The second kappa shape index (κ2) is 7.32. The van der Waals surface area contributed by atoms with Crippen LogP contribution in [-0.2, 0) is 4.79 Å². The fourth-order valence-corrected chi connectivity index (χ4v) is 2.57. The summed E-state index contributed by atoms with van der Waals surface area (Å²) < 4.78 is 5.70. The Bertz CT molecular complexity index is 424. The molecule has 0 atom stereocenters. The monoisotopic (exact) mass is 277 g/mol. The van der Waals surface area contributed by atoms with E-state index < -0.39 is 0 Å². The van der Waals surface area contributed by atoms with E-state index in [4.69, 9.17) is 4.74 Å². The number of rotatable bonds is 6. The van der Waals surface area contributed by atoms with Gasteiger partial charge in [-0.3, -0.25) is 4.79 Å². The molecule has 1 aromatic rings. The summed E-state index contributed by atoms with van der Waals surface area (Å²) >= 11 is 0. The SMILES string of the molecule is Cc1cc(C)cc(OCCC(=O)N(C(C)C)C(C)C)c1. The van der Waals surface area contributed by atoms with Crippen LogP contribution in [0, 0.1) is 13.8 Å². The van der Waals surface area contributed by atoms with Gasteiger partial charge in [0, 0.05) is 12.1 Å². The van der Waals surface area contributed by atoms with Crippen LogP contribution >= 0.6 is 0 Å². The Morgan fingerprint density at radius 2 is 1.55 bits per heavy atom. The van der Waals surface area contributed by atoms with Crippen LogP contribution in [0.5, 0.6) is 5.75 Å². The smallest absolute Gasteiger partial charge is 0.226 e. The van der Waals surface area contributed by atoms with Gasteiger partial charge in [-0.05, 0) is 64.8 Å². The van der Waals surface area contributed by atoms with Gasteiger partial charge >= 0.3 is 0 Å². The van der Waals surface area contributed by atoms with Crippen LogP contribution in [0.25, 0.3) is 0 Å². The van der Waals surface area contributed by atoms with Crippen LogP contribution in [0.2, 0.25) is 0 Å². The second-order valence-electron chi connectivity index (χ2n) is 5.91. The van der Waals surface area contributed by atoms with Gasteiger partial charge < -0.3 is 9.64 Å². The average molecular weight is 277 g/mol. The molecule has 0 aliphatic carbocycles. The van der Waals surface area contributed by atoms with Crippen molar-refractivity contribution < 1.29 is 9.53 Å². The first-order valence-electron chi connectivity index (χ1n) is 7.33. The summed E-state index contributed by atoms with van der Waals surface area (Å²) in [5.74, 6) is 0.996. The van der Waals surface area contributed by atoms with Crippen molar-refractivity contribution in [3.8, 4) is 5.75 Å². The number of aryl methyl sites for hydroxylation is 2. The third-order valence-corrected chi connectivity index (χ3v) is 3.18. The van der Waals surface area contributed by atoms with E-state index in [0.29, 0.717) is 13.0 Å². The van der Waals surface area contributed by atoms with Crippen molar-refractivity contribution in [2.75, 3.05) is 6.61 Å². The zero-order valence-electron chi connectivity index (χ0n) is 13.6. The molecule has 20 heavy (non-hydrogen) atoms. The number of benzene rings is 1. The van der Waals surface area contributed by atoms with Gasteiger partial charge in [0.2, 0.25) is 5.91 Å². The molecule has 0 radical (unpaired) electrons. The summed E-state index contributed by atoms with van der Waals surface area (Å²) in [6.07, 6.45) is 0.420. The van der Waals surface area contributed by atoms with E-state index in [-0.39, 0.29) is 18.0 Å². The molecule has 0 saturated carbocycles. The highest BCUT2D eigenvalue weighted by Gasteiger charge is 2.19. The molecule has 0 unspecified atom stereocenters. The molecule has 1 aromatic carbocycles. The highest BCUT2D eigenvalue weighted by atomic mass is 16.5. The summed E-state index contributed by atoms with van der Waals surface area (Å²) in [7, 11) is 0. The highest BCUT2D eigenvalue weighted by Crippen LogP contribution is 2.16. The zero-order chi connectivity index (χ0) is 15.3. The summed E-state index contributed by atoms with van der Waals surface area (Å²) in [6, 6.07) is 6.56. The fraction of sp³-hybridized carbons (Fsp3) is 0.588. The first-order chi connectivity index (χ1) is 9.31. The molecule has 1 rings (SSSR count). The topological polar surface area (TPSA) is 29.5 Å². The van der Waals surface area contributed by atoms with Crippen LogP contribution < -0.4 is 4.74 Å². The quantitative estimate of drug-likeness (QED) is 0.793. The lowest BCUT2D eigenvalue weighted by molar-refractivity contribution is -0.135.